The smallest absolute Gasteiger partial charge is 0.234 e. The highest BCUT2D eigenvalue weighted by Gasteiger charge is 2.20. The first-order chi connectivity index (χ1) is 16.6. The number of anilines is 2. The van der Waals surface area contributed by atoms with Crippen LogP contribution in [0.1, 0.15) is 22.3 Å². The van der Waals surface area contributed by atoms with Crippen LogP contribution in [-0.4, -0.2) is 33.0 Å². The Kier molecular flexibility index (Phi) is 6.36. The number of aromatic nitrogens is 3. The van der Waals surface area contributed by atoms with E-state index in [1.54, 1.807) is 6.33 Å². The van der Waals surface area contributed by atoms with Gasteiger partial charge in [-0.1, -0.05) is 54.2 Å². The van der Waals surface area contributed by atoms with E-state index in [0.717, 1.165) is 36.4 Å². The van der Waals surface area contributed by atoms with E-state index < -0.39 is 0 Å². The van der Waals surface area contributed by atoms with Crippen LogP contribution in [0.5, 0.6) is 0 Å². The molecule has 3 aromatic carbocycles. The average Bonchev–Trinajstić information content (AvgIpc) is 3.48. The minimum atomic E-state index is -0.0612. The Hall–Kier alpha value is -3.58. The number of carbonyl (C=O) groups is 1. The fraction of sp³-hybridized carbons (Fsp3) is 0.222. The van der Waals surface area contributed by atoms with Crippen molar-refractivity contribution in [2.45, 2.75) is 32.0 Å². The van der Waals surface area contributed by atoms with E-state index in [9.17, 15) is 4.79 Å². The molecule has 7 heteroatoms. The van der Waals surface area contributed by atoms with Crippen LogP contribution in [0.25, 0.3) is 5.69 Å². The van der Waals surface area contributed by atoms with Crippen LogP contribution in [0.4, 0.5) is 11.4 Å². The van der Waals surface area contributed by atoms with Gasteiger partial charge in [-0.25, -0.2) is 0 Å². The van der Waals surface area contributed by atoms with Crippen molar-refractivity contribution in [3.05, 3.63) is 95.3 Å². The second kappa shape index (κ2) is 9.73. The number of amides is 1. The molecule has 0 atom stereocenters. The van der Waals surface area contributed by atoms with Gasteiger partial charge in [0.15, 0.2) is 5.16 Å². The number of para-hydroxylation sites is 2. The maximum absolute atomic E-state index is 12.8. The number of rotatable bonds is 7. The van der Waals surface area contributed by atoms with Crippen LogP contribution in [-0.2, 0) is 17.8 Å². The standard InChI is InChI=1S/C27H27N5OS/c1-19-11-12-23(15-20(19)2)32-18-28-30-27(32)34-17-26(33)29-24-9-5-3-8-22(24)16-31-14-13-21-7-4-6-10-25(21)31/h3-12,15,18H,13-14,16-17H2,1-2H3,(H,29,33). The SMILES string of the molecule is Cc1ccc(-n2cnnc2SCC(=O)Nc2ccccc2CN2CCc3ccccc32)cc1C. The number of aryl methyl sites for hydroxylation is 2. The molecule has 0 saturated heterocycles. The number of thioether (sulfide) groups is 1. The van der Waals surface area contributed by atoms with Crippen molar-refractivity contribution in [2.24, 2.45) is 0 Å². The fourth-order valence-electron chi connectivity index (χ4n) is 4.25. The van der Waals surface area contributed by atoms with Gasteiger partial charge in [-0.05, 0) is 66.8 Å². The third-order valence-corrected chi connectivity index (χ3v) is 7.20. The molecule has 0 spiro atoms. The first-order valence-electron chi connectivity index (χ1n) is 11.4. The van der Waals surface area contributed by atoms with E-state index in [1.807, 2.05) is 28.8 Å². The maximum Gasteiger partial charge on any atom is 0.234 e. The lowest BCUT2D eigenvalue weighted by molar-refractivity contribution is -0.113. The molecule has 172 valence electrons. The number of carbonyl (C=O) groups excluding carboxylic acids is 1. The summed E-state index contributed by atoms with van der Waals surface area (Å²) in [5.74, 6) is 0.193. The molecule has 4 aromatic rings. The highest BCUT2D eigenvalue weighted by molar-refractivity contribution is 7.99. The molecule has 0 aliphatic carbocycles. The summed E-state index contributed by atoms with van der Waals surface area (Å²) in [6, 6.07) is 22.8. The van der Waals surface area contributed by atoms with Crippen molar-refractivity contribution in [3.63, 3.8) is 0 Å². The van der Waals surface area contributed by atoms with Crippen molar-refractivity contribution >= 4 is 29.0 Å². The third kappa shape index (κ3) is 4.70. The fourth-order valence-corrected chi connectivity index (χ4v) is 4.98. The second-order valence-corrected chi connectivity index (χ2v) is 9.49. The van der Waals surface area contributed by atoms with Crippen LogP contribution in [0.2, 0.25) is 0 Å². The number of benzene rings is 3. The largest absolute Gasteiger partial charge is 0.367 e. The molecule has 1 aromatic heterocycles. The highest BCUT2D eigenvalue weighted by atomic mass is 32.2. The molecule has 2 heterocycles. The molecule has 0 fully saturated rings. The Morgan fingerprint density at radius 3 is 2.74 bits per heavy atom. The van der Waals surface area contributed by atoms with Crippen LogP contribution in [0, 0.1) is 13.8 Å². The molecule has 1 amide bonds. The Labute approximate surface area is 204 Å². The zero-order valence-corrected chi connectivity index (χ0v) is 20.2. The Balaban J connectivity index is 1.25. The van der Waals surface area contributed by atoms with Gasteiger partial charge in [-0.3, -0.25) is 9.36 Å². The first-order valence-corrected chi connectivity index (χ1v) is 12.4. The van der Waals surface area contributed by atoms with Crippen LogP contribution in [0.3, 0.4) is 0 Å². The normalized spacial score (nSPS) is 12.6. The average molecular weight is 470 g/mol. The Morgan fingerprint density at radius 1 is 1.03 bits per heavy atom. The molecule has 1 aliphatic heterocycles. The van der Waals surface area contributed by atoms with Gasteiger partial charge in [0.25, 0.3) is 0 Å². The third-order valence-electron chi connectivity index (χ3n) is 6.25. The monoisotopic (exact) mass is 469 g/mol. The van der Waals surface area contributed by atoms with Crippen molar-refractivity contribution in [3.8, 4) is 5.69 Å². The van der Waals surface area contributed by atoms with Gasteiger partial charge in [-0.15, -0.1) is 10.2 Å². The number of hydrogen-bond acceptors (Lipinski definition) is 5. The zero-order valence-electron chi connectivity index (χ0n) is 19.4. The van der Waals surface area contributed by atoms with E-state index in [1.165, 1.54) is 34.1 Å². The molecule has 1 N–H and O–H groups in total. The Morgan fingerprint density at radius 2 is 1.85 bits per heavy atom. The molecule has 0 bridgehead atoms. The van der Waals surface area contributed by atoms with Gasteiger partial charge in [0.2, 0.25) is 5.91 Å². The summed E-state index contributed by atoms with van der Waals surface area (Å²) in [4.78, 5) is 15.2. The van der Waals surface area contributed by atoms with Gasteiger partial charge in [0.1, 0.15) is 6.33 Å². The van der Waals surface area contributed by atoms with Crippen LogP contribution >= 0.6 is 11.8 Å². The van der Waals surface area contributed by atoms with Crippen molar-refractivity contribution in [2.75, 3.05) is 22.5 Å². The van der Waals surface area contributed by atoms with E-state index >= 15 is 0 Å². The van der Waals surface area contributed by atoms with Gasteiger partial charge < -0.3 is 10.2 Å². The van der Waals surface area contributed by atoms with Gasteiger partial charge >= 0.3 is 0 Å². The van der Waals surface area contributed by atoms with Gasteiger partial charge in [0.05, 0.1) is 5.75 Å². The molecule has 6 nitrogen and oxygen atoms in total. The van der Waals surface area contributed by atoms with Crippen LogP contribution < -0.4 is 10.2 Å². The number of hydrogen-bond donors (Lipinski definition) is 1. The van der Waals surface area contributed by atoms with E-state index in [-0.39, 0.29) is 11.7 Å². The summed E-state index contributed by atoms with van der Waals surface area (Å²) in [5.41, 5.74) is 8.06. The topological polar surface area (TPSA) is 63.1 Å². The van der Waals surface area contributed by atoms with Gasteiger partial charge in [-0.2, -0.15) is 0 Å². The Bertz CT molecular complexity index is 1330. The summed E-state index contributed by atoms with van der Waals surface area (Å²) < 4.78 is 1.92. The molecule has 0 unspecified atom stereocenters. The highest BCUT2D eigenvalue weighted by Crippen LogP contribution is 2.30. The minimum absolute atomic E-state index is 0.0612. The molecule has 0 radical (unpaired) electrons. The van der Waals surface area contributed by atoms with E-state index in [0.29, 0.717) is 5.16 Å². The van der Waals surface area contributed by atoms with Gasteiger partial charge in [0, 0.05) is 30.2 Å². The van der Waals surface area contributed by atoms with E-state index in [4.69, 9.17) is 0 Å². The van der Waals surface area contributed by atoms with Crippen LogP contribution in [0.15, 0.2) is 78.2 Å². The summed E-state index contributed by atoms with van der Waals surface area (Å²) in [5, 5.41) is 12.1. The molecular weight excluding hydrogens is 442 g/mol. The number of fused-ring (bicyclic) bond motifs is 1. The summed E-state index contributed by atoms with van der Waals surface area (Å²) >= 11 is 1.38. The number of nitrogens with one attached hydrogen (secondary N) is 1. The second-order valence-electron chi connectivity index (χ2n) is 8.55. The molecule has 34 heavy (non-hydrogen) atoms. The molecular formula is C27H27N5OS. The van der Waals surface area contributed by atoms with Crippen molar-refractivity contribution < 1.29 is 4.79 Å². The summed E-state index contributed by atoms with van der Waals surface area (Å²) in [7, 11) is 0. The summed E-state index contributed by atoms with van der Waals surface area (Å²) in [6.45, 7) is 5.93. The number of nitrogens with zero attached hydrogens (tertiary/aromatic N) is 4. The lowest BCUT2D eigenvalue weighted by atomic mass is 10.1. The summed E-state index contributed by atoms with van der Waals surface area (Å²) in [6.07, 6.45) is 2.75. The maximum atomic E-state index is 12.8. The predicted molar refractivity (Wildman–Crippen MR) is 138 cm³/mol. The zero-order chi connectivity index (χ0) is 23.5. The predicted octanol–water partition coefficient (Wildman–Crippen LogP) is 5.18. The quantitative estimate of drug-likeness (QED) is 0.378. The molecule has 0 saturated carbocycles. The van der Waals surface area contributed by atoms with E-state index in [2.05, 4.69) is 76.7 Å². The molecule has 5 rings (SSSR count). The minimum Gasteiger partial charge on any atom is -0.367 e. The van der Waals surface area contributed by atoms with Crippen molar-refractivity contribution in [1.82, 2.24) is 14.8 Å². The lowest BCUT2D eigenvalue weighted by Gasteiger charge is -2.21. The molecule has 1 aliphatic rings. The lowest BCUT2D eigenvalue weighted by Crippen LogP contribution is -2.22. The first kappa shape index (κ1) is 22.2. The van der Waals surface area contributed by atoms with Crippen molar-refractivity contribution in [1.29, 1.82) is 0 Å².